The number of hydrogen-bond acceptors (Lipinski definition) is 3. The van der Waals surface area contributed by atoms with Gasteiger partial charge in [-0.2, -0.15) is 4.31 Å². The Morgan fingerprint density at radius 2 is 1.84 bits per heavy atom. The van der Waals surface area contributed by atoms with Crippen LogP contribution in [0.2, 0.25) is 0 Å². The molecule has 1 heterocycles. The third-order valence-corrected chi connectivity index (χ3v) is 5.67. The zero-order valence-electron chi connectivity index (χ0n) is 11.6. The number of rotatable bonds is 3. The molecule has 0 amide bonds. The monoisotopic (exact) mass is 282 g/mol. The molecule has 5 heteroatoms. The molecule has 2 rings (SSSR count). The van der Waals surface area contributed by atoms with Gasteiger partial charge in [0.15, 0.2) is 0 Å². The second kappa shape index (κ2) is 5.92. The summed E-state index contributed by atoms with van der Waals surface area (Å²) in [7, 11) is -1.51. The molecule has 0 aromatic heterocycles. The van der Waals surface area contributed by atoms with Gasteiger partial charge in [0.25, 0.3) is 0 Å². The molecule has 1 saturated heterocycles. The highest BCUT2D eigenvalue weighted by atomic mass is 32.2. The molecule has 106 valence electrons. The van der Waals surface area contributed by atoms with Crippen molar-refractivity contribution in [3.05, 3.63) is 24.3 Å². The van der Waals surface area contributed by atoms with Gasteiger partial charge in [0.1, 0.15) is 0 Å². The highest BCUT2D eigenvalue weighted by Crippen LogP contribution is 2.23. The molecular formula is C14H22N2O2S. The van der Waals surface area contributed by atoms with Gasteiger partial charge < -0.3 is 5.32 Å². The van der Waals surface area contributed by atoms with Gasteiger partial charge >= 0.3 is 0 Å². The van der Waals surface area contributed by atoms with Crippen LogP contribution in [-0.4, -0.2) is 32.9 Å². The van der Waals surface area contributed by atoms with Crippen molar-refractivity contribution in [2.24, 2.45) is 5.92 Å². The molecule has 1 aliphatic rings. The molecule has 0 aliphatic carbocycles. The van der Waals surface area contributed by atoms with Crippen molar-refractivity contribution >= 4 is 15.7 Å². The van der Waals surface area contributed by atoms with E-state index >= 15 is 0 Å². The lowest BCUT2D eigenvalue weighted by molar-refractivity contribution is 0.417. The van der Waals surface area contributed by atoms with E-state index in [2.05, 4.69) is 12.2 Å². The van der Waals surface area contributed by atoms with E-state index in [-0.39, 0.29) is 0 Å². The number of sulfonamides is 1. The molecular weight excluding hydrogens is 260 g/mol. The summed E-state index contributed by atoms with van der Waals surface area (Å²) >= 11 is 0. The molecule has 1 atom stereocenters. The minimum atomic E-state index is -3.33. The number of nitrogens with one attached hydrogen (secondary N) is 1. The maximum Gasteiger partial charge on any atom is 0.243 e. The van der Waals surface area contributed by atoms with E-state index in [1.165, 1.54) is 0 Å². The fourth-order valence-corrected chi connectivity index (χ4v) is 3.91. The molecule has 1 aromatic carbocycles. The Balaban J connectivity index is 2.20. The van der Waals surface area contributed by atoms with E-state index in [0.717, 1.165) is 24.9 Å². The molecule has 0 spiro atoms. The van der Waals surface area contributed by atoms with Crippen molar-refractivity contribution in [2.45, 2.75) is 31.1 Å². The minimum absolute atomic E-state index is 0.390. The highest BCUT2D eigenvalue weighted by molar-refractivity contribution is 7.89. The summed E-state index contributed by atoms with van der Waals surface area (Å²) in [5, 5.41) is 2.99. The molecule has 0 radical (unpaired) electrons. The van der Waals surface area contributed by atoms with Gasteiger partial charge in [-0.15, -0.1) is 0 Å². The third kappa shape index (κ3) is 3.28. The Bertz CT molecular complexity index is 511. The van der Waals surface area contributed by atoms with E-state index in [9.17, 15) is 8.42 Å². The lowest BCUT2D eigenvalue weighted by Gasteiger charge is -2.20. The summed E-state index contributed by atoms with van der Waals surface area (Å²) in [6.07, 6.45) is 3.02. The van der Waals surface area contributed by atoms with Gasteiger partial charge in [0.2, 0.25) is 10.0 Å². The summed E-state index contributed by atoms with van der Waals surface area (Å²) < 4.78 is 26.7. The SMILES string of the molecule is CNc1ccc(S(=O)(=O)N2CCCC(C)CC2)cc1. The van der Waals surface area contributed by atoms with Gasteiger partial charge in [0, 0.05) is 25.8 Å². The van der Waals surface area contributed by atoms with E-state index in [4.69, 9.17) is 0 Å². The molecule has 19 heavy (non-hydrogen) atoms. The van der Waals surface area contributed by atoms with Crippen molar-refractivity contribution in [1.29, 1.82) is 0 Å². The fourth-order valence-electron chi connectivity index (χ4n) is 2.42. The minimum Gasteiger partial charge on any atom is -0.388 e. The van der Waals surface area contributed by atoms with Crippen molar-refractivity contribution < 1.29 is 8.42 Å². The average molecular weight is 282 g/mol. The number of nitrogens with zero attached hydrogens (tertiary/aromatic N) is 1. The van der Waals surface area contributed by atoms with Crippen LogP contribution >= 0.6 is 0 Å². The molecule has 1 N–H and O–H groups in total. The van der Waals surface area contributed by atoms with Crippen LogP contribution in [-0.2, 0) is 10.0 Å². The standard InChI is InChI=1S/C14H22N2O2S/c1-12-4-3-10-16(11-9-12)19(17,18)14-7-5-13(15-2)6-8-14/h5-8,12,15H,3-4,9-11H2,1-2H3. The first-order valence-corrected chi connectivity index (χ1v) is 8.26. The third-order valence-electron chi connectivity index (χ3n) is 3.76. The van der Waals surface area contributed by atoms with Crippen molar-refractivity contribution in [3.8, 4) is 0 Å². The molecule has 4 nitrogen and oxygen atoms in total. The van der Waals surface area contributed by atoms with Crippen LogP contribution in [0.5, 0.6) is 0 Å². The van der Waals surface area contributed by atoms with Crippen LogP contribution in [0.4, 0.5) is 5.69 Å². The Morgan fingerprint density at radius 1 is 1.16 bits per heavy atom. The van der Waals surface area contributed by atoms with E-state index in [1.807, 2.05) is 7.05 Å². The second-order valence-electron chi connectivity index (χ2n) is 5.21. The first-order chi connectivity index (χ1) is 9.04. The predicted molar refractivity (Wildman–Crippen MR) is 77.8 cm³/mol. The van der Waals surface area contributed by atoms with E-state index in [1.54, 1.807) is 28.6 Å². The molecule has 1 unspecified atom stereocenters. The molecule has 0 saturated carbocycles. The second-order valence-corrected chi connectivity index (χ2v) is 7.15. The van der Waals surface area contributed by atoms with Crippen molar-refractivity contribution in [3.63, 3.8) is 0 Å². The lowest BCUT2D eigenvalue weighted by atomic mass is 10.0. The van der Waals surface area contributed by atoms with Crippen molar-refractivity contribution in [1.82, 2.24) is 4.31 Å². The maximum atomic E-state index is 12.6. The first kappa shape index (κ1) is 14.3. The fraction of sp³-hybridized carbons (Fsp3) is 0.571. The molecule has 0 bridgehead atoms. The zero-order chi connectivity index (χ0) is 13.9. The van der Waals surface area contributed by atoms with Gasteiger partial charge in [-0.3, -0.25) is 0 Å². The quantitative estimate of drug-likeness (QED) is 0.927. The largest absolute Gasteiger partial charge is 0.388 e. The van der Waals surface area contributed by atoms with Crippen LogP contribution in [0, 0.1) is 5.92 Å². The van der Waals surface area contributed by atoms with Crippen LogP contribution in [0.3, 0.4) is 0 Å². The summed E-state index contributed by atoms with van der Waals surface area (Å²) in [5.74, 6) is 0.617. The number of benzene rings is 1. The summed E-state index contributed by atoms with van der Waals surface area (Å²) in [6, 6.07) is 6.95. The van der Waals surface area contributed by atoms with E-state index < -0.39 is 10.0 Å². The molecule has 1 fully saturated rings. The lowest BCUT2D eigenvalue weighted by Crippen LogP contribution is -2.32. The normalized spacial score (nSPS) is 21.9. The Kier molecular flexibility index (Phi) is 4.47. The van der Waals surface area contributed by atoms with Gasteiger partial charge in [-0.25, -0.2) is 8.42 Å². The number of anilines is 1. The summed E-state index contributed by atoms with van der Waals surface area (Å²) in [5.41, 5.74) is 0.920. The zero-order valence-corrected chi connectivity index (χ0v) is 12.4. The van der Waals surface area contributed by atoms with Crippen LogP contribution in [0.15, 0.2) is 29.2 Å². The average Bonchev–Trinajstić information content (AvgIpc) is 2.64. The number of hydrogen-bond donors (Lipinski definition) is 1. The summed E-state index contributed by atoms with van der Waals surface area (Å²) in [6.45, 7) is 3.47. The Hall–Kier alpha value is -1.07. The Morgan fingerprint density at radius 3 is 2.47 bits per heavy atom. The molecule has 1 aliphatic heterocycles. The van der Waals surface area contributed by atoms with E-state index in [0.29, 0.717) is 23.9 Å². The summed E-state index contributed by atoms with van der Waals surface area (Å²) in [4.78, 5) is 0.390. The predicted octanol–water partition coefficient (Wildman–Crippen LogP) is 2.54. The smallest absolute Gasteiger partial charge is 0.243 e. The van der Waals surface area contributed by atoms with Crippen LogP contribution in [0.1, 0.15) is 26.2 Å². The van der Waals surface area contributed by atoms with Crippen LogP contribution < -0.4 is 5.32 Å². The van der Waals surface area contributed by atoms with Crippen molar-refractivity contribution in [2.75, 3.05) is 25.5 Å². The first-order valence-electron chi connectivity index (χ1n) is 6.82. The maximum absolute atomic E-state index is 12.6. The highest BCUT2D eigenvalue weighted by Gasteiger charge is 2.26. The molecule has 1 aromatic rings. The van der Waals surface area contributed by atoms with Gasteiger partial charge in [-0.05, 0) is 49.4 Å². The van der Waals surface area contributed by atoms with Crippen LogP contribution in [0.25, 0.3) is 0 Å². The van der Waals surface area contributed by atoms with Gasteiger partial charge in [0.05, 0.1) is 4.90 Å². The Labute approximate surface area is 115 Å². The topological polar surface area (TPSA) is 49.4 Å². The van der Waals surface area contributed by atoms with Gasteiger partial charge in [-0.1, -0.05) is 6.92 Å².